The van der Waals surface area contributed by atoms with Crippen molar-refractivity contribution in [3.63, 3.8) is 0 Å². The van der Waals surface area contributed by atoms with Crippen molar-refractivity contribution < 1.29 is 23.5 Å². The summed E-state index contributed by atoms with van der Waals surface area (Å²) in [6.45, 7) is 2.20. The first kappa shape index (κ1) is 21.2. The lowest BCUT2D eigenvalue weighted by atomic mass is 9.78. The van der Waals surface area contributed by atoms with E-state index in [0.717, 1.165) is 56.2 Å². The van der Waals surface area contributed by atoms with Crippen LogP contribution in [0.1, 0.15) is 56.2 Å². The van der Waals surface area contributed by atoms with Crippen molar-refractivity contribution >= 4 is 5.91 Å². The summed E-state index contributed by atoms with van der Waals surface area (Å²) in [5.74, 6) is 4.07. The van der Waals surface area contributed by atoms with E-state index in [2.05, 4.69) is 10.1 Å². The van der Waals surface area contributed by atoms with E-state index in [1.807, 2.05) is 29.2 Å². The zero-order chi connectivity index (χ0) is 22.0. The highest BCUT2D eigenvalue weighted by atomic mass is 16.5. The van der Waals surface area contributed by atoms with Gasteiger partial charge in [-0.15, -0.1) is 0 Å². The van der Waals surface area contributed by atoms with Gasteiger partial charge in [-0.1, -0.05) is 5.16 Å². The Kier molecular flexibility index (Phi) is 6.04. The largest absolute Gasteiger partial charge is 0.497 e. The van der Waals surface area contributed by atoms with E-state index in [4.69, 9.17) is 18.7 Å². The van der Waals surface area contributed by atoms with Gasteiger partial charge in [0.05, 0.1) is 12.7 Å². The van der Waals surface area contributed by atoms with Crippen molar-refractivity contribution in [3.05, 3.63) is 36.0 Å². The van der Waals surface area contributed by atoms with Crippen LogP contribution in [0.25, 0.3) is 0 Å². The standard InChI is InChI=1S/C24H31N3O5/c1-29-19-4-6-20(7-5-19)30-16-22(28)27-11-9-24(10-12-27)15-17(8-13-31-24)14-21-25-23(32-26-21)18-2-3-18/h4-7,17-18H,2-3,8-16H2,1H3. The predicted molar refractivity (Wildman–Crippen MR) is 116 cm³/mol. The van der Waals surface area contributed by atoms with E-state index in [1.165, 1.54) is 12.8 Å². The van der Waals surface area contributed by atoms with Gasteiger partial charge in [-0.2, -0.15) is 4.98 Å². The van der Waals surface area contributed by atoms with E-state index in [0.29, 0.717) is 30.7 Å². The van der Waals surface area contributed by atoms with Crippen LogP contribution in [0.5, 0.6) is 11.5 Å². The number of nitrogens with zero attached hydrogens (tertiary/aromatic N) is 3. The summed E-state index contributed by atoms with van der Waals surface area (Å²) in [4.78, 5) is 19.1. The van der Waals surface area contributed by atoms with Gasteiger partial charge in [0.25, 0.3) is 5.91 Å². The number of rotatable bonds is 7. The lowest BCUT2D eigenvalue weighted by Crippen LogP contribution is -2.51. The second kappa shape index (κ2) is 9.10. The topological polar surface area (TPSA) is 86.9 Å². The molecule has 0 bridgehead atoms. The smallest absolute Gasteiger partial charge is 0.260 e. The maximum absolute atomic E-state index is 12.6. The van der Waals surface area contributed by atoms with Crippen molar-refractivity contribution in [2.75, 3.05) is 33.4 Å². The molecule has 1 unspecified atom stereocenters. The van der Waals surface area contributed by atoms with Crippen molar-refractivity contribution in [1.29, 1.82) is 0 Å². The van der Waals surface area contributed by atoms with Gasteiger partial charge in [0.15, 0.2) is 12.4 Å². The Morgan fingerprint density at radius 1 is 1.16 bits per heavy atom. The van der Waals surface area contributed by atoms with Gasteiger partial charge in [-0.25, -0.2) is 0 Å². The van der Waals surface area contributed by atoms with Crippen molar-refractivity contribution in [2.24, 2.45) is 5.92 Å². The van der Waals surface area contributed by atoms with Gasteiger partial charge in [0.1, 0.15) is 11.5 Å². The first-order valence-corrected chi connectivity index (χ1v) is 11.6. The number of benzene rings is 1. The molecular formula is C24H31N3O5. The van der Waals surface area contributed by atoms with Crippen LogP contribution in [0.2, 0.25) is 0 Å². The molecule has 2 aromatic rings. The number of likely N-dealkylation sites (tertiary alicyclic amines) is 1. The minimum Gasteiger partial charge on any atom is -0.497 e. The minimum atomic E-state index is -0.139. The molecule has 3 aliphatic rings. The molecular weight excluding hydrogens is 410 g/mol. The van der Waals surface area contributed by atoms with Gasteiger partial charge < -0.3 is 23.6 Å². The third-order valence-corrected chi connectivity index (χ3v) is 6.93. The van der Waals surface area contributed by atoms with Gasteiger partial charge >= 0.3 is 0 Å². The third-order valence-electron chi connectivity index (χ3n) is 6.93. The zero-order valence-electron chi connectivity index (χ0n) is 18.6. The number of amides is 1. The average Bonchev–Trinajstić information content (AvgIpc) is 3.57. The number of aromatic nitrogens is 2. The molecule has 8 heteroatoms. The molecule has 1 aromatic carbocycles. The van der Waals surface area contributed by atoms with E-state index in [9.17, 15) is 4.79 Å². The SMILES string of the molecule is COc1ccc(OCC(=O)N2CCC3(CC2)CC(Cc2noc(C4CC4)n2)CCO3)cc1. The number of carbonyl (C=O) groups is 1. The Bertz CT molecular complexity index is 916. The number of piperidine rings is 1. The summed E-state index contributed by atoms with van der Waals surface area (Å²) in [7, 11) is 1.62. The van der Waals surface area contributed by atoms with Crippen LogP contribution >= 0.6 is 0 Å². The van der Waals surface area contributed by atoms with E-state index in [-0.39, 0.29) is 18.1 Å². The van der Waals surface area contributed by atoms with E-state index in [1.54, 1.807) is 7.11 Å². The molecule has 0 N–H and O–H groups in total. The molecule has 1 saturated carbocycles. The molecule has 1 amide bonds. The molecule has 5 rings (SSSR count). The predicted octanol–water partition coefficient (Wildman–Crippen LogP) is 3.36. The molecule has 0 radical (unpaired) electrons. The summed E-state index contributed by atoms with van der Waals surface area (Å²) >= 11 is 0. The first-order valence-electron chi connectivity index (χ1n) is 11.6. The molecule has 1 aliphatic carbocycles. The average molecular weight is 442 g/mol. The Labute approximate surface area is 188 Å². The zero-order valence-corrected chi connectivity index (χ0v) is 18.6. The Hall–Kier alpha value is -2.61. The second-order valence-corrected chi connectivity index (χ2v) is 9.26. The molecule has 2 aliphatic heterocycles. The van der Waals surface area contributed by atoms with Crippen LogP contribution in [0.3, 0.4) is 0 Å². The molecule has 172 valence electrons. The maximum Gasteiger partial charge on any atom is 0.260 e. The maximum atomic E-state index is 12.6. The molecule has 1 aromatic heterocycles. The lowest BCUT2D eigenvalue weighted by molar-refractivity contribution is -0.148. The summed E-state index contributed by atoms with van der Waals surface area (Å²) in [5.41, 5.74) is -0.139. The monoisotopic (exact) mass is 441 g/mol. The van der Waals surface area contributed by atoms with E-state index >= 15 is 0 Å². The van der Waals surface area contributed by atoms with Crippen LogP contribution in [0.15, 0.2) is 28.8 Å². The summed E-state index contributed by atoms with van der Waals surface area (Å²) < 4.78 is 22.5. The van der Waals surface area contributed by atoms with Crippen LogP contribution in [-0.4, -0.2) is 60.0 Å². The fourth-order valence-electron chi connectivity index (χ4n) is 4.83. The Balaban J connectivity index is 1.09. The molecule has 1 atom stereocenters. The highest BCUT2D eigenvalue weighted by Crippen LogP contribution is 2.40. The van der Waals surface area contributed by atoms with Crippen LogP contribution in [0.4, 0.5) is 0 Å². The van der Waals surface area contributed by atoms with Gasteiger partial charge in [-0.3, -0.25) is 4.79 Å². The van der Waals surface area contributed by atoms with Gasteiger partial charge in [0, 0.05) is 32.0 Å². The highest BCUT2D eigenvalue weighted by Gasteiger charge is 2.41. The van der Waals surface area contributed by atoms with Crippen LogP contribution in [0, 0.1) is 5.92 Å². The van der Waals surface area contributed by atoms with Crippen LogP contribution in [-0.2, 0) is 16.0 Å². The normalized spacial score (nSPS) is 22.7. The molecule has 3 heterocycles. The number of ether oxygens (including phenoxy) is 3. The molecule has 3 fully saturated rings. The Morgan fingerprint density at radius 3 is 2.62 bits per heavy atom. The third kappa shape index (κ3) is 4.90. The summed E-state index contributed by atoms with van der Waals surface area (Å²) in [6.07, 6.45) is 6.91. The number of hydrogen-bond donors (Lipinski definition) is 0. The number of hydrogen-bond acceptors (Lipinski definition) is 7. The Morgan fingerprint density at radius 2 is 1.91 bits per heavy atom. The van der Waals surface area contributed by atoms with Crippen molar-refractivity contribution in [2.45, 2.75) is 56.5 Å². The highest BCUT2D eigenvalue weighted by molar-refractivity contribution is 5.77. The quantitative estimate of drug-likeness (QED) is 0.651. The molecule has 8 nitrogen and oxygen atoms in total. The second-order valence-electron chi connectivity index (χ2n) is 9.26. The summed E-state index contributed by atoms with van der Waals surface area (Å²) in [6, 6.07) is 7.26. The van der Waals surface area contributed by atoms with Gasteiger partial charge in [0.2, 0.25) is 5.89 Å². The van der Waals surface area contributed by atoms with E-state index < -0.39 is 0 Å². The first-order chi connectivity index (χ1) is 15.6. The number of methoxy groups -OCH3 is 1. The fraction of sp³-hybridized carbons (Fsp3) is 0.625. The minimum absolute atomic E-state index is 0.0161. The van der Waals surface area contributed by atoms with Crippen molar-refractivity contribution in [3.8, 4) is 11.5 Å². The molecule has 2 saturated heterocycles. The molecule has 32 heavy (non-hydrogen) atoms. The van der Waals surface area contributed by atoms with Crippen molar-refractivity contribution in [1.82, 2.24) is 15.0 Å². The van der Waals surface area contributed by atoms with Gasteiger partial charge in [-0.05, 0) is 68.7 Å². The number of carbonyl (C=O) groups excluding carboxylic acids is 1. The lowest BCUT2D eigenvalue weighted by Gasteiger charge is -2.46. The molecule has 1 spiro atoms. The van der Waals surface area contributed by atoms with Crippen LogP contribution < -0.4 is 9.47 Å². The fourth-order valence-corrected chi connectivity index (χ4v) is 4.83. The summed E-state index contributed by atoms with van der Waals surface area (Å²) in [5, 5.41) is 4.19.